The third-order valence-corrected chi connectivity index (χ3v) is 5.17. The Labute approximate surface area is 142 Å². The van der Waals surface area contributed by atoms with Gasteiger partial charge in [-0.2, -0.15) is 13.2 Å². The minimum absolute atomic E-state index is 0.0142. The van der Waals surface area contributed by atoms with E-state index in [1.54, 1.807) is 18.2 Å². The molecule has 5 nitrogen and oxygen atoms in total. The summed E-state index contributed by atoms with van der Waals surface area (Å²) in [7, 11) is -3.76. The van der Waals surface area contributed by atoms with Crippen LogP contribution < -0.4 is 5.32 Å². The molecule has 2 rings (SSSR count). The van der Waals surface area contributed by atoms with Gasteiger partial charge >= 0.3 is 6.18 Å². The minimum atomic E-state index is -4.88. The molecule has 0 aromatic heterocycles. The minimum Gasteiger partial charge on any atom is -0.395 e. The molecule has 0 fully saturated rings. The number of hydrogen-bond acceptors (Lipinski definition) is 4. The number of sulfone groups is 1. The summed E-state index contributed by atoms with van der Waals surface area (Å²) >= 11 is 0. The number of nitrogens with one attached hydrogen (secondary N) is 1. The molecule has 2 aromatic rings. The molecule has 0 bridgehead atoms. The number of carbonyl (C=O) groups is 1. The molecule has 0 saturated carbocycles. The van der Waals surface area contributed by atoms with Gasteiger partial charge in [0, 0.05) is 5.69 Å². The molecule has 2 aromatic carbocycles. The SMILES string of the molecule is O=C(Nc1ccc(S(=O)(=O)c2ccccc2)cc1)C(CO)C(F)(F)F. The van der Waals surface area contributed by atoms with Gasteiger partial charge in [0.15, 0.2) is 5.92 Å². The van der Waals surface area contributed by atoms with E-state index in [1.165, 1.54) is 36.4 Å². The predicted octanol–water partition coefficient (Wildman–Crippen LogP) is 2.63. The van der Waals surface area contributed by atoms with Crippen LogP contribution in [0.5, 0.6) is 0 Å². The first-order valence-electron chi connectivity index (χ1n) is 7.05. The van der Waals surface area contributed by atoms with E-state index in [9.17, 15) is 26.4 Å². The average molecular weight is 373 g/mol. The molecule has 0 aliphatic heterocycles. The molecule has 2 N–H and O–H groups in total. The van der Waals surface area contributed by atoms with Crippen LogP contribution in [0.1, 0.15) is 0 Å². The summed E-state index contributed by atoms with van der Waals surface area (Å²) in [4.78, 5) is 11.6. The van der Waals surface area contributed by atoms with E-state index in [2.05, 4.69) is 0 Å². The molecule has 25 heavy (non-hydrogen) atoms. The third kappa shape index (κ3) is 4.37. The van der Waals surface area contributed by atoms with Crippen LogP contribution in [0.2, 0.25) is 0 Å². The lowest BCUT2D eigenvalue weighted by Crippen LogP contribution is -2.37. The molecular formula is C16H14F3NO4S. The van der Waals surface area contributed by atoms with E-state index >= 15 is 0 Å². The lowest BCUT2D eigenvalue weighted by molar-refractivity contribution is -0.186. The molecular weight excluding hydrogens is 359 g/mol. The van der Waals surface area contributed by atoms with Crippen LogP contribution in [0.15, 0.2) is 64.4 Å². The van der Waals surface area contributed by atoms with Crippen molar-refractivity contribution in [1.29, 1.82) is 0 Å². The Bertz CT molecular complexity index is 834. The first-order chi connectivity index (χ1) is 11.7. The maximum Gasteiger partial charge on any atom is 0.402 e. The highest BCUT2D eigenvalue weighted by Gasteiger charge is 2.44. The standard InChI is InChI=1S/C16H14F3NO4S/c17-16(18,19)14(10-21)15(22)20-11-6-8-13(9-7-11)25(23,24)12-4-2-1-3-5-12/h1-9,14,21H,10H2,(H,20,22). The lowest BCUT2D eigenvalue weighted by atomic mass is 10.1. The number of halogens is 3. The Kier molecular flexibility index (Phi) is 5.48. The number of anilines is 1. The summed E-state index contributed by atoms with van der Waals surface area (Å²) in [5.74, 6) is -3.98. The van der Waals surface area contributed by atoms with Crippen LogP contribution in [-0.2, 0) is 14.6 Å². The monoisotopic (exact) mass is 373 g/mol. The van der Waals surface area contributed by atoms with Crippen molar-refractivity contribution in [3.05, 3.63) is 54.6 Å². The van der Waals surface area contributed by atoms with Crippen LogP contribution in [0.25, 0.3) is 0 Å². The number of carbonyl (C=O) groups excluding carboxylic acids is 1. The Hall–Kier alpha value is -2.39. The Morgan fingerprint density at radius 2 is 1.52 bits per heavy atom. The van der Waals surface area contributed by atoms with E-state index in [1.807, 2.05) is 5.32 Å². The van der Waals surface area contributed by atoms with Gasteiger partial charge in [-0.25, -0.2) is 8.42 Å². The lowest BCUT2D eigenvalue weighted by Gasteiger charge is -2.17. The van der Waals surface area contributed by atoms with Crippen LogP contribution in [-0.4, -0.2) is 32.2 Å². The van der Waals surface area contributed by atoms with Gasteiger partial charge in [-0.05, 0) is 36.4 Å². The maximum absolute atomic E-state index is 12.6. The van der Waals surface area contributed by atoms with Crippen molar-refractivity contribution in [3.8, 4) is 0 Å². The molecule has 0 spiro atoms. The topological polar surface area (TPSA) is 83.5 Å². The van der Waals surface area contributed by atoms with E-state index in [-0.39, 0.29) is 15.5 Å². The summed E-state index contributed by atoms with van der Waals surface area (Å²) in [5, 5.41) is 10.7. The molecule has 1 unspecified atom stereocenters. The van der Waals surface area contributed by atoms with Gasteiger partial charge in [-0.1, -0.05) is 18.2 Å². The van der Waals surface area contributed by atoms with Gasteiger partial charge in [-0.3, -0.25) is 4.79 Å². The van der Waals surface area contributed by atoms with Crippen molar-refractivity contribution in [2.75, 3.05) is 11.9 Å². The second-order valence-electron chi connectivity index (χ2n) is 5.11. The number of rotatable bonds is 5. The number of alkyl halides is 3. The molecule has 0 aliphatic rings. The van der Waals surface area contributed by atoms with Gasteiger partial charge in [0.1, 0.15) is 0 Å². The highest BCUT2D eigenvalue weighted by atomic mass is 32.2. The highest BCUT2D eigenvalue weighted by molar-refractivity contribution is 7.91. The molecule has 0 heterocycles. The zero-order valence-corrected chi connectivity index (χ0v) is 13.5. The van der Waals surface area contributed by atoms with Crippen molar-refractivity contribution < 1.29 is 31.5 Å². The number of aliphatic hydroxyl groups excluding tert-OH is 1. The number of amides is 1. The Morgan fingerprint density at radius 1 is 1.00 bits per heavy atom. The smallest absolute Gasteiger partial charge is 0.395 e. The van der Waals surface area contributed by atoms with E-state index in [0.717, 1.165) is 0 Å². The number of aliphatic hydroxyl groups is 1. The summed E-state index contributed by atoms with van der Waals surface area (Å²) in [6.45, 7) is -1.38. The molecule has 0 radical (unpaired) electrons. The van der Waals surface area contributed by atoms with Crippen LogP contribution in [0, 0.1) is 5.92 Å². The summed E-state index contributed by atoms with van der Waals surface area (Å²) in [6.07, 6.45) is -4.88. The Morgan fingerprint density at radius 3 is 2.00 bits per heavy atom. The molecule has 9 heteroatoms. The van der Waals surface area contributed by atoms with Gasteiger partial charge in [0.05, 0.1) is 16.4 Å². The fraction of sp³-hybridized carbons (Fsp3) is 0.188. The number of hydrogen-bond donors (Lipinski definition) is 2. The number of benzene rings is 2. The average Bonchev–Trinajstić information content (AvgIpc) is 2.55. The fourth-order valence-corrected chi connectivity index (χ4v) is 3.30. The molecule has 1 atom stereocenters. The van der Waals surface area contributed by atoms with Crippen molar-refractivity contribution in [3.63, 3.8) is 0 Å². The first kappa shape index (κ1) is 18.9. The predicted molar refractivity (Wildman–Crippen MR) is 83.6 cm³/mol. The van der Waals surface area contributed by atoms with E-state index in [4.69, 9.17) is 5.11 Å². The molecule has 1 amide bonds. The largest absolute Gasteiger partial charge is 0.402 e. The second kappa shape index (κ2) is 7.24. The summed E-state index contributed by atoms with van der Waals surface area (Å²) in [5.41, 5.74) is -0.0142. The molecule has 0 aliphatic carbocycles. The fourth-order valence-electron chi connectivity index (χ4n) is 2.02. The highest BCUT2D eigenvalue weighted by Crippen LogP contribution is 2.27. The van der Waals surface area contributed by atoms with Crippen molar-refractivity contribution >= 4 is 21.4 Å². The van der Waals surface area contributed by atoms with Crippen molar-refractivity contribution in [2.45, 2.75) is 16.0 Å². The first-order valence-corrected chi connectivity index (χ1v) is 8.53. The van der Waals surface area contributed by atoms with Crippen molar-refractivity contribution in [1.82, 2.24) is 0 Å². The molecule has 0 saturated heterocycles. The second-order valence-corrected chi connectivity index (χ2v) is 7.06. The zero-order valence-electron chi connectivity index (χ0n) is 12.7. The maximum atomic E-state index is 12.6. The summed E-state index contributed by atoms with van der Waals surface area (Å²) < 4.78 is 62.5. The van der Waals surface area contributed by atoms with Crippen LogP contribution in [0.3, 0.4) is 0 Å². The van der Waals surface area contributed by atoms with Gasteiger partial charge in [0.25, 0.3) is 0 Å². The Balaban J connectivity index is 2.19. The van der Waals surface area contributed by atoms with Gasteiger partial charge in [0.2, 0.25) is 15.7 Å². The summed E-state index contributed by atoms with van der Waals surface area (Å²) in [6, 6.07) is 12.3. The van der Waals surface area contributed by atoms with Gasteiger partial charge in [-0.15, -0.1) is 0 Å². The van der Waals surface area contributed by atoms with E-state index < -0.39 is 34.4 Å². The van der Waals surface area contributed by atoms with E-state index in [0.29, 0.717) is 0 Å². The van der Waals surface area contributed by atoms with Crippen LogP contribution in [0.4, 0.5) is 18.9 Å². The quantitative estimate of drug-likeness (QED) is 0.844. The molecule has 134 valence electrons. The zero-order chi connectivity index (χ0) is 18.7. The van der Waals surface area contributed by atoms with Crippen molar-refractivity contribution in [2.24, 2.45) is 5.92 Å². The van der Waals surface area contributed by atoms with Crippen LogP contribution >= 0.6 is 0 Å². The third-order valence-electron chi connectivity index (χ3n) is 3.38. The normalized spacial score (nSPS) is 13.3. The van der Waals surface area contributed by atoms with Gasteiger partial charge < -0.3 is 10.4 Å².